The number of carbonyl (C=O) groups excluding carboxylic acids is 1. The van der Waals surface area contributed by atoms with Crippen LogP contribution >= 0.6 is 12.4 Å². The second-order valence-corrected chi connectivity index (χ2v) is 9.11. The lowest BCUT2D eigenvalue weighted by atomic mass is 10.1. The largest absolute Gasteiger partial charge is 0.466 e. The summed E-state index contributed by atoms with van der Waals surface area (Å²) in [5.41, 5.74) is 13.4. The molecular formula is C29H31ClN8O2. The third-order valence-electron chi connectivity index (χ3n) is 6.42. The molecule has 11 heteroatoms. The zero-order chi connectivity index (χ0) is 27.4. The summed E-state index contributed by atoms with van der Waals surface area (Å²) in [6.45, 7) is 4.70. The SMILES string of the molecule is CCOC(=O)CCc1cc(-c2cccnc2)n(-c2ccc3[nH]c(CNc4ccc(C(=N)N)cc4)nc3c2C)n1.Cl. The van der Waals surface area contributed by atoms with Gasteiger partial charge in [-0.25, -0.2) is 9.67 Å². The van der Waals surface area contributed by atoms with Crippen LogP contribution in [0.15, 0.2) is 67.0 Å². The lowest BCUT2D eigenvalue weighted by molar-refractivity contribution is -0.143. The number of nitrogen functional groups attached to an aromatic ring is 1. The predicted molar refractivity (Wildman–Crippen MR) is 158 cm³/mol. The first kappa shape index (κ1) is 28.3. The van der Waals surface area contributed by atoms with Crippen molar-refractivity contribution < 1.29 is 9.53 Å². The highest BCUT2D eigenvalue weighted by atomic mass is 35.5. The molecule has 0 atom stereocenters. The number of pyridine rings is 1. The molecule has 0 aliphatic carbocycles. The number of ether oxygens (including phenoxy) is 1. The molecule has 0 spiro atoms. The van der Waals surface area contributed by atoms with E-state index < -0.39 is 0 Å². The molecule has 5 aromatic rings. The van der Waals surface area contributed by atoms with Gasteiger partial charge in [-0.15, -0.1) is 12.4 Å². The number of halogens is 1. The monoisotopic (exact) mass is 558 g/mol. The molecule has 0 bridgehead atoms. The Labute approximate surface area is 237 Å². The molecule has 5 N–H and O–H groups in total. The second-order valence-electron chi connectivity index (χ2n) is 9.11. The highest BCUT2D eigenvalue weighted by molar-refractivity contribution is 5.95. The number of hydrogen-bond donors (Lipinski definition) is 4. The van der Waals surface area contributed by atoms with Crippen molar-refractivity contribution in [3.8, 4) is 16.9 Å². The van der Waals surface area contributed by atoms with Crippen molar-refractivity contribution in [2.45, 2.75) is 33.2 Å². The van der Waals surface area contributed by atoms with Gasteiger partial charge in [0.05, 0.1) is 47.7 Å². The van der Waals surface area contributed by atoms with Gasteiger partial charge in [0, 0.05) is 41.2 Å². The normalized spacial score (nSPS) is 10.8. The van der Waals surface area contributed by atoms with Gasteiger partial charge in [-0.1, -0.05) is 0 Å². The molecule has 0 aliphatic heterocycles. The van der Waals surface area contributed by atoms with Crippen LogP contribution in [0, 0.1) is 12.3 Å². The molecule has 206 valence electrons. The molecular weight excluding hydrogens is 528 g/mol. The molecule has 0 aliphatic rings. The molecule has 0 fully saturated rings. The predicted octanol–water partition coefficient (Wildman–Crippen LogP) is 4.93. The highest BCUT2D eigenvalue weighted by Crippen LogP contribution is 2.29. The van der Waals surface area contributed by atoms with Crippen LogP contribution in [0.1, 0.15) is 36.0 Å². The molecule has 3 heterocycles. The van der Waals surface area contributed by atoms with Crippen LogP contribution < -0.4 is 11.1 Å². The standard InChI is InChI=1S/C29H30N8O2.ClH/c1-3-39-27(38)13-10-22-15-25(20-5-4-14-32-16-20)37(36-22)24-12-11-23-28(18(24)2)35-26(34-23)17-33-21-8-6-19(7-9-21)29(30)31;/h4-9,11-12,14-16,33H,3,10,13,17H2,1-2H3,(H3,30,31)(H,34,35);1H. The van der Waals surface area contributed by atoms with E-state index in [4.69, 9.17) is 26.0 Å². The Morgan fingerprint density at radius 1 is 1.18 bits per heavy atom. The number of anilines is 1. The van der Waals surface area contributed by atoms with Crippen LogP contribution in [0.2, 0.25) is 0 Å². The molecule has 0 saturated heterocycles. The van der Waals surface area contributed by atoms with Crippen LogP contribution in [0.5, 0.6) is 0 Å². The van der Waals surface area contributed by atoms with Gasteiger partial charge in [0.15, 0.2) is 0 Å². The third kappa shape index (κ3) is 6.13. The maximum atomic E-state index is 11.9. The lowest BCUT2D eigenvalue weighted by Gasteiger charge is -2.10. The van der Waals surface area contributed by atoms with E-state index in [2.05, 4.69) is 15.3 Å². The minimum atomic E-state index is -0.236. The summed E-state index contributed by atoms with van der Waals surface area (Å²) in [4.78, 5) is 24.5. The number of benzene rings is 2. The summed E-state index contributed by atoms with van der Waals surface area (Å²) in [5.74, 6) is 0.601. The van der Waals surface area contributed by atoms with Crippen LogP contribution in [0.25, 0.3) is 28.0 Å². The van der Waals surface area contributed by atoms with Gasteiger partial charge in [0.2, 0.25) is 0 Å². The van der Waals surface area contributed by atoms with Crippen molar-refractivity contribution in [3.05, 3.63) is 89.6 Å². The maximum Gasteiger partial charge on any atom is 0.306 e. The Kier molecular flexibility index (Phi) is 8.80. The Morgan fingerprint density at radius 3 is 2.67 bits per heavy atom. The fraction of sp³-hybridized carbons (Fsp3) is 0.207. The van der Waals surface area contributed by atoms with Crippen molar-refractivity contribution in [2.24, 2.45) is 5.73 Å². The number of H-pyrrole nitrogens is 1. The smallest absolute Gasteiger partial charge is 0.306 e. The first-order chi connectivity index (χ1) is 18.9. The Balaban J connectivity index is 0.00000370. The number of carbonyl (C=O) groups is 1. The summed E-state index contributed by atoms with van der Waals surface area (Å²) in [7, 11) is 0. The Morgan fingerprint density at radius 2 is 1.98 bits per heavy atom. The number of fused-ring (bicyclic) bond motifs is 1. The number of amidine groups is 1. The number of rotatable bonds is 10. The molecule has 5 rings (SSSR count). The molecule has 2 aromatic carbocycles. The van der Waals surface area contributed by atoms with E-state index in [0.29, 0.717) is 25.1 Å². The zero-order valence-electron chi connectivity index (χ0n) is 22.3. The van der Waals surface area contributed by atoms with E-state index in [0.717, 1.165) is 50.7 Å². The van der Waals surface area contributed by atoms with E-state index in [1.165, 1.54) is 0 Å². The number of hydrogen-bond acceptors (Lipinski definition) is 7. The molecule has 0 amide bonds. The van der Waals surface area contributed by atoms with Gasteiger partial charge >= 0.3 is 5.97 Å². The molecule has 10 nitrogen and oxygen atoms in total. The minimum Gasteiger partial charge on any atom is -0.466 e. The van der Waals surface area contributed by atoms with E-state index >= 15 is 0 Å². The van der Waals surface area contributed by atoms with Crippen molar-refractivity contribution in [1.82, 2.24) is 24.7 Å². The van der Waals surface area contributed by atoms with Crippen molar-refractivity contribution >= 4 is 40.9 Å². The minimum absolute atomic E-state index is 0. The number of nitrogens with one attached hydrogen (secondary N) is 3. The second kappa shape index (κ2) is 12.4. The van der Waals surface area contributed by atoms with E-state index in [1.54, 1.807) is 19.3 Å². The van der Waals surface area contributed by atoms with Crippen LogP contribution in [-0.4, -0.2) is 43.1 Å². The summed E-state index contributed by atoms with van der Waals surface area (Å²) >= 11 is 0. The first-order valence-electron chi connectivity index (χ1n) is 12.7. The van der Waals surface area contributed by atoms with Crippen LogP contribution in [-0.2, 0) is 22.5 Å². The molecule has 3 aromatic heterocycles. The summed E-state index contributed by atoms with van der Waals surface area (Å²) in [6, 6.07) is 17.3. The number of aromatic nitrogens is 5. The fourth-order valence-electron chi connectivity index (χ4n) is 4.44. The number of aromatic amines is 1. The van der Waals surface area contributed by atoms with Gasteiger partial charge in [0.25, 0.3) is 0 Å². The highest BCUT2D eigenvalue weighted by Gasteiger charge is 2.17. The number of imidazole rings is 1. The first-order valence-corrected chi connectivity index (χ1v) is 12.7. The van der Waals surface area contributed by atoms with Crippen LogP contribution in [0.4, 0.5) is 5.69 Å². The summed E-state index contributed by atoms with van der Waals surface area (Å²) in [6.07, 6.45) is 4.28. The Bertz CT molecular complexity index is 1630. The topological polar surface area (TPSA) is 148 Å². The molecule has 0 saturated carbocycles. The average Bonchev–Trinajstić information content (AvgIpc) is 3.57. The van der Waals surface area contributed by atoms with E-state index in [1.807, 2.05) is 66.2 Å². The number of nitrogens with two attached hydrogens (primary N) is 1. The van der Waals surface area contributed by atoms with Gasteiger partial charge in [-0.05, 0) is 68.4 Å². The molecule has 40 heavy (non-hydrogen) atoms. The van der Waals surface area contributed by atoms with Crippen molar-refractivity contribution in [1.29, 1.82) is 5.41 Å². The lowest BCUT2D eigenvalue weighted by Crippen LogP contribution is -2.10. The van der Waals surface area contributed by atoms with Gasteiger partial charge in [-0.3, -0.25) is 15.2 Å². The van der Waals surface area contributed by atoms with Crippen molar-refractivity contribution in [3.63, 3.8) is 0 Å². The quantitative estimate of drug-likeness (QED) is 0.108. The van der Waals surface area contributed by atoms with Gasteiger partial charge in [-0.2, -0.15) is 5.10 Å². The summed E-state index contributed by atoms with van der Waals surface area (Å²) in [5, 5.41) is 15.8. The van der Waals surface area contributed by atoms with Crippen molar-refractivity contribution in [2.75, 3.05) is 11.9 Å². The third-order valence-corrected chi connectivity index (χ3v) is 6.42. The zero-order valence-corrected chi connectivity index (χ0v) is 23.1. The number of esters is 1. The number of aryl methyl sites for hydroxylation is 2. The Hall–Kier alpha value is -4.70. The maximum absolute atomic E-state index is 11.9. The average molecular weight is 559 g/mol. The molecule has 0 radical (unpaired) electrons. The van der Waals surface area contributed by atoms with Gasteiger partial charge in [0.1, 0.15) is 11.7 Å². The molecule has 0 unspecified atom stereocenters. The summed E-state index contributed by atoms with van der Waals surface area (Å²) < 4.78 is 6.99. The van der Waals surface area contributed by atoms with E-state index in [-0.39, 0.29) is 30.6 Å². The fourth-order valence-corrected chi connectivity index (χ4v) is 4.44. The van der Waals surface area contributed by atoms with Gasteiger partial charge < -0.3 is 20.8 Å². The van der Waals surface area contributed by atoms with E-state index in [9.17, 15) is 4.79 Å². The van der Waals surface area contributed by atoms with Crippen LogP contribution in [0.3, 0.4) is 0 Å². The number of nitrogens with zero attached hydrogens (tertiary/aromatic N) is 4.